The van der Waals surface area contributed by atoms with Crippen LogP contribution in [0.3, 0.4) is 0 Å². The number of rotatable bonds is 8. The van der Waals surface area contributed by atoms with E-state index in [0.717, 1.165) is 17.7 Å². The molecule has 0 bridgehead atoms. The first-order valence-electron chi connectivity index (χ1n) is 10.4. The number of ether oxygens (including phenoxy) is 1. The first-order chi connectivity index (χ1) is 14.1. The number of amides is 2. The van der Waals surface area contributed by atoms with Crippen molar-refractivity contribution in [1.29, 1.82) is 0 Å². The molecule has 2 aromatic carbocycles. The highest BCUT2D eigenvalue weighted by molar-refractivity contribution is 6.05. The lowest BCUT2D eigenvalue weighted by Crippen LogP contribution is -2.12. The maximum atomic E-state index is 12.3. The molecule has 29 heavy (non-hydrogen) atoms. The Kier molecular flexibility index (Phi) is 14.6. The van der Waals surface area contributed by atoms with E-state index in [1.807, 2.05) is 38.1 Å². The molecule has 2 amide bonds. The number of aryl methyl sites for hydroxylation is 1. The molecule has 2 rings (SSSR count). The summed E-state index contributed by atoms with van der Waals surface area (Å²) in [5, 5.41) is 5.36. The first-order valence-corrected chi connectivity index (χ1v) is 10.4. The predicted octanol–water partition coefficient (Wildman–Crippen LogP) is 6.30. The lowest BCUT2D eigenvalue weighted by atomic mass is 10.1. The van der Waals surface area contributed by atoms with Crippen molar-refractivity contribution < 1.29 is 14.3 Å². The highest BCUT2D eigenvalue weighted by atomic mass is 16.5. The number of nitrogens with one attached hydrogen (secondary N) is 2. The van der Waals surface area contributed by atoms with E-state index < -0.39 is 0 Å². The van der Waals surface area contributed by atoms with Gasteiger partial charge in [0.25, 0.3) is 5.91 Å². The number of methoxy groups -OCH3 is 1. The second-order valence-electron chi connectivity index (χ2n) is 6.04. The van der Waals surface area contributed by atoms with E-state index in [0.29, 0.717) is 23.4 Å². The standard InChI is InChI=1S/C17H18N2O3.C5H12.C2H6/c1-3-12-5-4-6-14(9-12)19-17(21)13-7-8-16(22-2)15(10-13)18-11-20;1-3-5-4-2;1-2/h4-11H,3H2,1-2H3,(H,18,20)(H,19,21);3-5H2,1-2H3;1-2H3. The van der Waals surface area contributed by atoms with Gasteiger partial charge in [0.15, 0.2) is 0 Å². The summed E-state index contributed by atoms with van der Waals surface area (Å²) in [6.45, 7) is 10.5. The average molecular weight is 401 g/mol. The third-order valence-electron chi connectivity index (χ3n) is 3.98. The molecule has 0 heterocycles. The number of hydrogen-bond donors (Lipinski definition) is 2. The molecule has 5 heteroatoms. The van der Waals surface area contributed by atoms with Crippen molar-refractivity contribution in [3.8, 4) is 5.75 Å². The molecule has 0 aromatic heterocycles. The van der Waals surface area contributed by atoms with Gasteiger partial charge in [0.05, 0.1) is 12.8 Å². The normalized spacial score (nSPS) is 9.17. The molecule has 0 aliphatic heterocycles. The Balaban J connectivity index is 0.000000977. The van der Waals surface area contributed by atoms with Gasteiger partial charge in [-0.1, -0.05) is 66.0 Å². The minimum atomic E-state index is -0.246. The van der Waals surface area contributed by atoms with Gasteiger partial charge in [0, 0.05) is 11.3 Å². The van der Waals surface area contributed by atoms with E-state index in [9.17, 15) is 9.59 Å². The Bertz CT molecular complexity index is 728. The van der Waals surface area contributed by atoms with E-state index in [1.54, 1.807) is 18.2 Å². The number of carbonyl (C=O) groups excluding carboxylic acids is 2. The summed E-state index contributed by atoms with van der Waals surface area (Å²) in [5.74, 6) is 0.251. The lowest BCUT2D eigenvalue weighted by Gasteiger charge is -2.10. The Morgan fingerprint density at radius 1 is 1.03 bits per heavy atom. The monoisotopic (exact) mass is 400 g/mol. The molecular formula is C24H36N2O3. The van der Waals surface area contributed by atoms with E-state index in [2.05, 4.69) is 31.4 Å². The zero-order valence-corrected chi connectivity index (χ0v) is 18.7. The van der Waals surface area contributed by atoms with Crippen LogP contribution >= 0.6 is 0 Å². The molecule has 0 unspecified atom stereocenters. The van der Waals surface area contributed by atoms with Gasteiger partial charge in [-0.3, -0.25) is 9.59 Å². The summed E-state index contributed by atoms with van der Waals surface area (Å²) in [5.41, 5.74) is 2.78. The molecular weight excluding hydrogens is 364 g/mol. The predicted molar refractivity (Wildman–Crippen MR) is 123 cm³/mol. The fraction of sp³-hybridized carbons (Fsp3) is 0.417. The SMILES string of the molecule is CC.CCCCC.CCc1cccc(NC(=O)c2ccc(OC)c(NC=O)c2)c1. The van der Waals surface area contributed by atoms with Crippen LogP contribution in [0.2, 0.25) is 0 Å². The maximum Gasteiger partial charge on any atom is 0.255 e. The molecule has 5 nitrogen and oxygen atoms in total. The van der Waals surface area contributed by atoms with Crippen LogP contribution in [0.5, 0.6) is 5.75 Å². The molecule has 0 saturated carbocycles. The van der Waals surface area contributed by atoms with Crippen LogP contribution < -0.4 is 15.4 Å². The quantitative estimate of drug-likeness (QED) is 0.511. The van der Waals surface area contributed by atoms with E-state index >= 15 is 0 Å². The Hall–Kier alpha value is -2.82. The highest BCUT2D eigenvalue weighted by Gasteiger charge is 2.10. The number of unbranched alkanes of at least 4 members (excludes halogenated alkanes) is 2. The summed E-state index contributed by atoms with van der Waals surface area (Å²) < 4.78 is 5.13. The van der Waals surface area contributed by atoms with Gasteiger partial charge >= 0.3 is 0 Å². The topological polar surface area (TPSA) is 67.4 Å². The molecule has 160 valence electrons. The molecule has 2 aromatic rings. The van der Waals surface area contributed by atoms with Crippen LogP contribution in [-0.2, 0) is 11.2 Å². The number of hydrogen-bond acceptors (Lipinski definition) is 3. The Morgan fingerprint density at radius 3 is 2.24 bits per heavy atom. The van der Waals surface area contributed by atoms with E-state index in [-0.39, 0.29) is 5.91 Å². The van der Waals surface area contributed by atoms with Crippen LogP contribution in [0.4, 0.5) is 11.4 Å². The third kappa shape index (κ3) is 9.79. The summed E-state index contributed by atoms with van der Waals surface area (Å²) in [7, 11) is 1.50. The fourth-order valence-corrected chi connectivity index (χ4v) is 2.45. The molecule has 0 aliphatic carbocycles. The fourth-order valence-electron chi connectivity index (χ4n) is 2.45. The van der Waals surface area contributed by atoms with Gasteiger partial charge in [0.2, 0.25) is 6.41 Å². The zero-order valence-electron chi connectivity index (χ0n) is 18.7. The molecule has 2 N–H and O–H groups in total. The summed E-state index contributed by atoms with van der Waals surface area (Å²) in [4.78, 5) is 22.9. The van der Waals surface area contributed by atoms with E-state index in [4.69, 9.17) is 4.74 Å². The van der Waals surface area contributed by atoms with Crippen LogP contribution in [-0.4, -0.2) is 19.4 Å². The Labute approximate surface area is 175 Å². The van der Waals surface area contributed by atoms with Crippen molar-refractivity contribution in [2.24, 2.45) is 0 Å². The summed E-state index contributed by atoms with van der Waals surface area (Å²) in [6.07, 6.45) is 5.52. The van der Waals surface area contributed by atoms with Crippen molar-refractivity contribution in [2.75, 3.05) is 17.7 Å². The van der Waals surface area contributed by atoms with Gasteiger partial charge in [-0.05, 0) is 42.3 Å². The van der Waals surface area contributed by atoms with Gasteiger partial charge in [-0.25, -0.2) is 0 Å². The minimum absolute atomic E-state index is 0.246. The van der Waals surface area contributed by atoms with Crippen molar-refractivity contribution in [2.45, 2.75) is 60.3 Å². The number of benzene rings is 2. The molecule has 0 aliphatic rings. The van der Waals surface area contributed by atoms with Crippen molar-refractivity contribution >= 4 is 23.7 Å². The summed E-state index contributed by atoms with van der Waals surface area (Å²) in [6, 6.07) is 12.6. The molecule has 0 spiro atoms. The van der Waals surface area contributed by atoms with Gasteiger partial charge in [0.1, 0.15) is 5.75 Å². The van der Waals surface area contributed by atoms with Crippen LogP contribution in [0.1, 0.15) is 69.8 Å². The lowest BCUT2D eigenvalue weighted by molar-refractivity contribution is -0.105. The second-order valence-corrected chi connectivity index (χ2v) is 6.04. The number of anilines is 2. The Morgan fingerprint density at radius 2 is 1.72 bits per heavy atom. The van der Waals surface area contributed by atoms with Crippen molar-refractivity contribution in [1.82, 2.24) is 0 Å². The van der Waals surface area contributed by atoms with Crippen LogP contribution in [0, 0.1) is 0 Å². The molecule has 0 fully saturated rings. The third-order valence-corrected chi connectivity index (χ3v) is 3.98. The largest absolute Gasteiger partial charge is 0.495 e. The smallest absolute Gasteiger partial charge is 0.255 e. The van der Waals surface area contributed by atoms with Gasteiger partial charge in [-0.15, -0.1) is 0 Å². The van der Waals surface area contributed by atoms with E-state index in [1.165, 1.54) is 26.4 Å². The van der Waals surface area contributed by atoms with Crippen molar-refractivity contribution in [3.63, 3.8) is 0 Å². The first kappa shape index (κ1) is 26.2. The zero-order chi connectivity index (χ0) is 22.1. The molecule has 0 saturated heterocycles. The van der Waals surface area contributed by atoms with Crippen molar-refractivity contribution in [3.05, 3.63) is 53.6 Å². The maximum absolute atomic E-state index is 12.3. The highest BCUT2D eigenvalue weighted by Crippen LogP contribution is 2.25. The molecule has 0 radical (unpaired) electrons. The summed E-state index contributed by atoms with van der Waals surface area (Å²) >= 11 is 0. The average Bonchev–Trinajstić information content (AvgIpc) is 2.76. The van der Waals surface area contributed by atoms with Gasteiger partial charge in [-0.2, -0.15) is 0 Å². The van der Waals surface area contributed by atoms with Gasteiger partial charge < -0.3 is 15.4 Å². The second kappa shape index (κ2) is 16.2. The number of carbonyl (C=O) groups is 2. The van der Waals surface area contributed by atoms with Crippen LogP contribution in [0.25, 0.3) is 0 Å². The molecule has 0 atom stereocenters. The van der Waals surface area contributed by atoms with Crippen LogP contribution in [0.15, 0.2) is 42.5 Å². The minimum Gasteiger partial charge on any atom is -0.495 e.